The molecule has 0 N–H and O–H groups in total. The Labute approximate surface area is 189 Å². The van der Waals surface area contributed by atoms with E-state index in [4.69, 9.17) is 18.4 Å². The van der Waals surface area contributed by atoms with Gasteiger partial charge in [0, 0.05) is 24.5 Å². The average Bonchev–Trinajstić information content (AvgIpc) is 3.50. The first-order valence-electron chi connectivity index (χ1n) is 10.3. The van der Waals surface area contributed by atoms with Crippen LogP contribution in [-0.4, -0.2) is 50.2 Å². The Morgan fingerprint density at radius 2 is 1.76 bits per heavy atom. The Kier molecular flexibility index (Phi) is 5.71. The van der Waals surface area contributed by atoms with E-state index in [-0.39, 0.29) is 17.1 Å². The molecule has 2 aromatic carbocycles. The summed E-state index contributed by atoms with van der Waals surface area (Å²) in [5.41, 5.74) is 1.39. The molecule has 1 fully saturated rings. The molecule has 0 unspecified atom stereocenters. The van der Waals surface area contributed by atoms with Crippen molar-refractivity contribution in [3.05, 3.63) is 71.9 Å². The lowest BCUT2D eigenvalue weighted by Crippen LogP contribution is -2.40. The van der Waals surface area contributed by atoms with Crippen molar-refractivity contribution in [2.24, 2.45) is 0 Å². The first kappa shape index (κ1) is 21.4. The second-order valence-electron chi connectivity index (χ2n) is 7.45. The van der Waals surface area contributed by atoms with Gasteiger partial charge in [-0.25, -0.2) is 13.2 Å². The van der Waals surface area contributed by atoms with Crippen LogP contribution in [-0.2, 0) is 26.1 Å². The van der Waals surface area contributed by atoms with Crippen LogP contribution in [0.3, 0.4) is 0 Å². The normalized spacial score (nSPS) is 15.0. The zero-order chi connectivity index (χ0) is 22.8. The standard InChI is InChI=1S/C23H20N2O7S/c26-23(16-5-7-19(8-6-16)33(27,28)25-9-11-29-12-10-25)30-15-18-14-22(32-24-18)21-13-17-3-1-2-4-20(17)31-21/h1-8,13-14H,9-12,15H2. The molecule has 0 radical (unpaired) electrons. The summed E-state index contributed by atoms with van der Waals surface area (Å²) >= 11 is 0. The number of carbonyl (C=O) groups excluding carboxylic acids is 1. The van der Waals surface area contributed by atoms with Gasteiger partial charge in [0.2, 0.25) is 15.8 Å². The lowest BCUT2D eigenvalue weighted by Gasteiger charge is -2.26. The van der Waals surface area contributed by atoms with E-state index in [9.17, 15) is 13.2 Å². The molecule has 0 spiro atoms. The minimum atomic E-state index is -3.62. The van der Waals surface area contributed by atoms with Gasteiger partial charge in [0.05, 0.1) is 23.7 Å². The third-order valence-corrected chi connectivity index (χ3v) is 7.19. The monoisotopic (exact) mass is 468 g/mol. The predicted octanol–water partition coefficient (Wildman–Crippen LogP) is 3.47. The molecular weight excluding hydrogens is 448 g/mol. The molecule has 4 aromatic rings. The maximum absolute atomic E-state index is 12.7. The van der Waals surface area contributed by atoms with Gasteiger partial charge in [-0.15, -0.1) is 0 Å². The number of nitrogens with zero attached hydrogens (tertiary/aromatic N) is 2. The van der Waals surface area contributed by atoms with Crippen LogP contribution in [0, 0.1) is 0 Å². The van der Waals surface area contributed by atoms with Crippen molar-refractivity contribution in [3.8, 4) is 11.5 Å². The van der Waals surface area contributed by atoms with Gasteiger partial charge in [-0.3, -0.25) is 0 Å². The molecule has 170 valence electrons. The highest BCUT2D eigenvalue weighted by Crippen LogP contribution is 2.28. The van der Waals surface area contributed by atoms with E-state index < -0.39 is 16.0 Å². The molecule has 0 bridgehead atoms. The van der Waals surface area contributed by atoms with Gasteiger partial charge < -0.3 is 18.4 Å². The number of benzene rings is 2. The highest BCUT2D eigenvalue weighted by molar-refractivity contribution is 7.89. The number of furan rings is 1. The summed E-state index contributed by atoms with van der Waals surface area (Å²) < 4.78 is 48.3. The molecular formula is C23H20N2O7S. The highest BCUT2D eigenvalue weighted by Gasteiger charge is 2.26. The molecule has 0 aliphatic carbocycles. The van der Waals surface area contributed by atoms with Crippen LogP contribution in [0.5, 0.6) is 0 Å². The van der Waals surface area contributed by atoms with Crippen molar-refractivity contribution in [1.29, 1.82) is 0 Å². The number of fused-ring (bicyclic) bond motifs is 1. The summed E-state index contributed by atoms with van der Waals surface area (Å²) in [6.45, 7) is 1.24. The fourth-order valence-corrected chi connectivity index (χ4v) is 4.93. The van der Waals surface area contributed by atoms with Crippen molar-refractivity contribution in [2.45, 2.75) is 11.5 Å². The van der Waals surface area contributed by atoms with Gasteiger partial charge in [0.1, 0.15) is 17.9 Å². The Morgan fingerprint density at radius 3 is 2.52 bits per heavy atom. The van der Waals surface area contributed by atoms with Gasteiger partial charge >= 0.3 is 5.97 Å². The number of sulfonamides is 1. The van der Waals surface area contributed by atoms with Crippen LogP contribution < -0.4 is 0 Å². The average molecular weight is 468 g/mol. The van der Waals surface area contributed by atoms with Crippen molar-refractivity contribution in [3.63, 3.8) is 0 Å². The Morgan fingerprint density at radius 1 is 1.00 bits per heavy atom. The fraction of sp³-hybridized carbons (Fsp3) is 0.217. The molecule has 10 heteroatoms. The summed E-state index contributed by atoms with van der Waals surface area (Å²) in [5.74, 6) is 0.354. The lowest BCUT2D eigenvalue weighted by molar-refractivity contribution is 0.0464. The zero-order valence-corrected chi connectivity index (χ0v) is 18.3. The number of hydrogen-bond donors (Lipinski definition) is 0. The maximum Gasteiger partial charge on any atom is 0.338 e. The predicted molar refractivity (Wildman–Crippen MR) is 117 cm³/mol. The quantitative estimate of drug-likeness (QED) is 0.396. The Balaban J connectivity index is 1.22. The number of esters is 1. The maximum atomic E-state index is 12.7. The number of ether oxygens (including phenoxy) is 2. The molecule has 5 rings (SSSR count). The molecule has 3 heterocycles. The summed E-state index contributed by atoms with van der Waals surface area (Å²) in [6.07, 6.45) is 0. The molecule has 1 aliphatic heterocycles. The molecule has 2 aromatic heterocycles. The van der Waals surface area contributed by atoms with E-state index in [1.165, 1.54) is 28.6 Å². The van der Waals surface area contributed by atoms with Crippen LogP contribution in [0.15, 0.2) is 74.5 Å². The lowest BCUT2D eigenvalue weighted by atomic mass is 10.2. The number of morpholine rings is 1. The van der Waals surface area contributed by atoms with E-state index in [0.717, 1.165) is 11.0 Å². The molecule has 0 amide bonds. The first-order chi connectivity index (χ1) is 16.0. The van der Waals surface area contributed by atoms with Crippen LogP contribution in [0.4, 0.5) is 0 Å². The number of rotatable bonds is 6. The number of para-hydroxylation sites is 1. The van der Waals surface area contributed by atoms with Crippen LogP contribution in [0.25, 0.3) is 22.5 Å². The van der Waals surface area contributed by atoms with Crippen molar-refractivity contribution < 1.29 is 31.6 Å². The molecule has 33 heavy (non-hydrogen) atoms. The highest BCUT2D eigenvalue weighted by atomic mass is 32.2. The molecule has 0 saturated carbocycles. The summed E-state index contributed by atoms with van der Waals surface area (Å²) in [5, 5.41) is 4.86. The van der Waals surface area contributed by atoms with E-state index in [2.05, 4.69) is 5.16 Å². The molecule has 1 saturated heterocycles. The minimum Gasteiger partial charge on any atom is -0.455 e. The largest absolute Gasteiger partial charge is 0.455 e. The molecule has 9 nitrogen and oxygen atoms in total. The van der Waals surface area contributed by atoms with Crippen LogP contribution in [0.2, 0.25) is 0 Å². The van der Waals surface area contributed by atoms with Crippen LogP contribution >= 0.6 is 0 Å². The Hall–Kier alpha value is -3.47. The number of aromatic nitrogens is 1. The molecule has 1 aliphatic rings. The van der Waals surface area contributed by atoms with Crippen LogP contribution in [0.1, 0.15) is 16.1 Å². The van der Waals surface area contributed by atoms with Crippen molar-refractivity contribution in [1.82, 2.24) is 9.46 Å². The smallest absolute Gasteiger partial charge is 0.338 e. The summed E-state index contributed by atoms with van der Waals surface area (Å²) in [7, 11) is -3.62. The third kappa shape index (κ3) is 4.40. The topological polar surface area (TPSA) is 112 Å². The number of carbonyl (C=O) groups is 1. The number of hydrogen-bond acceptors (Lipinski definition) is 8. The van der Waals surface area contributed by atoms with Gasteiger partial charge in [0.25, 0.3) is 0 Å². The second-order valence-corrected chi connectivity index (χ2v) is 9.39. The van der Waals surface area contributed by atoms with Crippen molar-refractivity contribution in [2.75, 3.05) is 26.3 Å². The Bertz CT molecular complexity index is 1350. The van der Waals surface area contributed by atoms with Gasteiger partial charge in [-0.2, -0.15) is 4.31 Å². The van der Waals surface area contributed by atoms with E-state index in [0.29, 0.717) is 43.5 Å². The van der Waals surface area contributed by atoms with E-state index in [1.54, 1.807) is 6.07 Å². The van der Waals surface area contributed by atoms with Gasteiger partial charge in [-0.1, -0.05) is 23.4 Å². The van der Waals surface area contributed by atoms with Crippen molar-refractivity contribution >= 4 is 27.0 Å². The third-order valence-electron chi connectivity index (χ3n) is 5.28. The van der Waals surface area contributed by atoms with Gasteiger partial charge in [0.15, 0.2) is 5.76 Å². The molecule has 0 atom stereocenters. The second kappa shape index (κ2) is 8.81. The summed E-state index contributed by atoms with van der Waals surface area (Å²) in [4.78, 5) is 12.5. The SMILES string of the molecule is O=C(OCc1cc(-c2cc3ccccc3o2)on1)c1ccc(S(=O)(=O)N2CCOCC2)cc1. The first-order valence-corrected chi connectivity index (χ1v) is 11.7. The summed E-state index contributed by atoms with van der Waals surface area (Å²) in [6, 6.07) is 16.7. The van der Waals surface area contributed by atoms with Gasteiger partial charge in [-0.05, 0) is 36.4 Å². The van der Waals surface area contributed by atoms with E-state index in [1.807, 2.05) is 30.3 Å². The minimum absolute atomic E-state index is 0.101. The fourth-order valence-electron chi connectivity index (χ4n) is 3.52. The zero-order valence-electron chi connectivity index (χ0n) is 17.5. The van der Waals surface area contributed by atoms with E-state index >= 15 is 0 Å².